The van der Waals surface area contributed by atoms with Crippen molar-refractivity contribution in [1.29, 1.82) is 0 Å². The number of amides is 1. The fraction of sp³-hybridized carbons (Fsp3) is 0.100. The molecule has 5 rings (SSSR count). The molecule has 196 valence electrons. The fourth-order valence-corrected chi connectivity index (χ4v) is 4.39. The summed E-state index contributed by atoms with van der Waals surface area (Å²) < 4.78 is 10.1. The van der Waals surface area contributed by atoms with Gasteiger partial charge in [-0.1, -0.05) is 30.3 Å². The quantitative estimate of drug-likeness (QED) is 0.118. The number of ether oxygens (including phenoxy) is 2. The molecular formula is C30H25N3O6. The lowest BCUT2D eigenvalue weighted by Crippen LogP contribution is -2.26. The molecule has 0 fully saturated rings. The molecule has 4 aromatic rings. The number of carbonyl (C=O) groups is 2. The molecule has 4 aromatic carbocycles. The Hall–Kier alpha value is -5.31. The second-order valence-electron chi connectivity index (χ2n) is 8.96. The third-order valence-electron chi connectivity index (χ3n) is 6.53. The number of benzene rings is 4. The Kier molecular flexibility index (Phi) is 6.64. The summed E-state index contributed by atoms with van der Waals surface area (Å²) in [6.07, 6.45) is -1.43. The zero-order valence-corrected chi connectivity index (χ0v) is 21.4. The number of aryl methyl sites for hydroxylation is 2. The minimum Gasteiger partial charge on any atom is -0.505 e. The van der Waals surface area contributed by atoms with E-state index in [0.29, 0.717) is 33.8 Å². The molecule has 1 heterocycles. The molecule has 0 bridgehead atoms. The van der Waals surface area contributed by atoms with Gasteiger partial charge in [0.25, 0.3) is 5.91 Å². The fourth-order valence-electron chi connectivity index (χ4n) is 4.39. The molecule has 0 saturated carbocycles. The summed E-state index contributed by atoms with van der Waals surface area (Å²) in [7, 11) is 1.56. The van der Waals surface area contributed by atoms with Crippen molar-refractivity contribution in [3.8, 4) is 28.4 Å². The predicted octanol–water partition coefficient (Wildman–Crippen LogP) is 6.24. The molecule has 9 nitrogen and oxygen atoms in total. The Morgan fingerprint density at radius 1 is 0.897 bits per heavy atom. The lowest BCUT2D eigenvalue weighted by molar-refractivity contribution is -0.111. The number of nitrogens with one attached hydrogen (secondary N) is 1. The molecule has 0 aliphatic carbocycles. The second-order valence-corrected chi connectivity index (χ2v) is 8.96. The Balaban J connectivity index is 1.51. The maximum atomic E-state index is 13.7. The summed E-state index contributed by atoms with van der Waals surface area (Å²) in [5, 5.41) is 24.3. The summed E-state index contributed by atoms with van der Waals surface area (Å²) >= 11 is 0. The van der Waals surface area contributed by atoms with Crippen LogP contribution in [0.2, 0.25) is 0 Å². The van der Waals surface area contributed by atoms with Crippen LogP contribution in [-0.4, -0.2) is 35.1 Å². The van der Waals surface area contributed by atoms with Gasteiger partial charge in [-0.15, -0.1) is 0 Å². The van der Waals surface area contributed by atoms with E-state index in [0.717, 1.165) is 11.1 Å². The first-order chi connectivity index (χ1) is 18.8. The SMILES string of the molecule is COc1ccc2c(c1)N(c1ccc(C)c(C)c1)C(=O)C2=NNc1cccc(-c2cccc(OC(=O)O)c2)c1O. The van der Waals surface area contributed by atoms with Gasteiger partial charge in [-0.2, -0.15) is 5.10 Å². The average Bonchev–Trinajstić information content (AvgIpc) is 3.19. The average molecular weight is 524 g/mol. The molecule has 1 amide bonds. The number of carbonyl (C=O) groups excluding carboxylic acids is 1. The van der Waals surface area contributed by atoms with Gasteiger partial charge in [-0.25, -0.2) is 4.79 Å². The molecule has 0 unspecified atom stereocenters. The maximum absolute atomic E-state index is 13.7. The summed E-state index contributed by atoms with van der Waals surface area (Å²) in [6, 6.07) is 22.5. The van der Waals surface area contributed by atoms with Crippen molar-refractivity contribution in [3.05, 3.63) is 95.6 Å². The van der Waals surface area contributed by atoms with Crippen molar-refractivity contribution >= 4 is 34.8 Å². The number of phenols is 1. The van der Waals surface area contributed by atoms with E-state index in [9.17, 15) is 14.7 Å². The summed E-state index contributed by atoms with van der Waals surface area (Å²) in [6.45, 7) is 4.00. The highest BCUT2D eigenvalue weighted by Gasteiger charge is 2.36. The molecule has 0 radical (unpaired) electrons. The monoisotopic (exact) mass is 523 g/mol. The Morgan fingerprint density at radius 2 is 1.69 bits per heavy atom. The van der Waals surface area contributed by atoms with Gasteiger partial charge >= 0.3 is 6.16 Å². The van der Waals surface area contributed by atoms with Crippen LogP contribution in [0.25, 0.3) is 11.1 Å². The minimum atomic E-state index is -1.43. The van der Waals surface area contributed by atoms with Crippen molar-refractivity contribution in [2.24, 2.45) is 5.10 Å². The number of rotatable bonds is 6. The Labute approximate surface area is 224 Å². The van der Waals surface area contributed by atoms with Crippen LogP contribution in [0.4, 0.5) is 21.9 Å². The highest BCUT2D eigenvalue weighted by Crippen LogP contribution is 2.40. The first-order valence-electron chi connectivity index (χ1n) is 12.0. The van der Waals surface area contributed by atoms with Crippen molar-refractivity contribution < 1.29 is 29.3 Å². The van der Waals surface area contributed by atoms with Gasteiger partial charge in [-0.05, 0) is 73.0 Å². The number of para-hydroxylation sites is 1. The van der Waals surface area contributed by atoms with E-state index < -0.39 is 6.16 Å². The van der Waals surface area contributed by atoms with Crippen LogP contribution in [0, 0.1) is 13.8 Å². The summed E-state index contributed by atoms with van der Waals surface area (Å²) in [5.41, 5.74) is 8.35. The number of hydrazone groups is 1. The van der Waals surface area contributed by atoms with E-state index in [1.54, 1.807) is 60.5 Å². The van der Waals surface area contributed by atoms with Crippen LogP contribution in [0.1, 0.15) is 16.7 Å². The highest BCUT2D eigenvalue weighted by molar-refractivity contribution is 6.55. The first kappa shape index (κ1) is 25.3. The molecule has 3 N–H and O–H groups in total. The number of nitrogens with zero attached hydrogens (tertiary/aromatic N) is 2. The number of aromatic hydroxyl groups is 1. The van der Waals surface area contributed by atoms with Crippen molar-refractivity contribution in [1.82, 2.24) is 0 Å². The van der Waals surface area contributed by atoms with Crippen LogP contribution in [0.5, 0.6) is 17.2 Å². The number of methoxy groups -OCH3 is 1. The topological polar surface area (TPSA) is 121 Å². The minimum absolute atomic E-state index is 0.119. The normalized spacial score (nSPS) is 13.4. The summed E-state index contributed by atoms with van der Waals surface area (Å²) in [5.74, 6) is 0.265. The third-order valence-corrected chi connectivity index (χ3v) is 6.53. The lowest BCUT2D eigenvalue weighted by atomic mass is 10.0. The van der Waals surface area contributed by atoms with E-state index in [4.69, 9.17) is 14.6 Å². The van der Waals surface area contributed by atoms with Crippen LogP contribution >= 0.6 is 0 Å². The number of carboxylic acid groups (broad SMARTS) is 1. The van der Waals surface area contributed by atoms with Crippen molar-refractivity contribution in [2.75, 3.05) is 17.4 Å². The van der Waals surface area contributed by atoms with E-state index in [1.165, 1.54) is 12.1 Å². The smallest absolute Gasteiger partial charge is 0.505 e. The van der Waals surface area contributed by atoms with E-state index in [1.807, 2.05) is 32.0 Å². The lowest BCUT2D eigenvalue weighted by Gasteiger charge is -2.18. The van der Waals surface area contributed by atoms with Gasteiger partial charge in [0.1, 0.15) is 17.2 Å². The van der Waals surface area contributed by atoms with E-state index in [2.05, 4.69) is 10.5 Å². The van der Waals surface area contributed by atoms with Crippen molar-refractivity contribution in [2.45, 2.75) is 13.8 Å². The van der Waals surface area contributed by atoms with Gasteiger partial charge in [-0.3, -0.25) is 15.1 Å². The number of phenolic OH excluding ortho intramolecular Hbond substituents is 1. The molecule has 0 aromatic heterocycles. The van der Waals surface area contributed by atoms with Gasteiger partial charge in [0, 0.05) is 22.9 Å². The predicted molar refractivity (Wildman–Crippen MR) is 148 cm³/mol. The van der Waals surface area contributed by atoms with Gasteiger partial charge < -0.3 is 19.7 Å². The van der Waals surface area contributed by atoms with Gasteiger partial charge in [0.15, 0.2) is 5.71 Å². The summed E-state index contributed by atoms with van der Waals surface area (Å²) in [4.78, 5) is 26.2. The van der Waals surface area contributed by atoms with Crippen LogP contribution < -0.4 is 19.8 Å². The molecule has 0 saturated heterocycles. The van der Waals surface area contributed by atoms with E-state index in [-0.39, 0.29) is 28.8 Å². The Morgan fingerprint density at radius 3 is 2.44 bits per heavy atom. The zero-order chi connectivity index (χ0) is 27.7. The zero-order valence-electron chi connectivity index (χ0n) is 21.4. The molecule has 1 aliphatic heterocycles. The van der Waals surface area contributed by atoms with Crippen LogP contribution in [-0.2, 0) is 4.79 Å². The molecule has 39 heavy (non-hydrogen) atoms. The largest absolute Gasteiger partial charge is 0.511 e. The van der Waals surface area contributed by atoms with Crippen LogP contribution in [0.3, 0.4) is 0 Å². The van der Waals surface area contributed by atoms with Gasteiger partial charge in [0.05, 0.1) is 18.5 Å². The van der Waals surface area contributed by atoms with Crippen molar-refractivity contribution in [3.63, 3.8) is 0 Å². The molecular weight excluding hydrogens is 498 g/mol. The number of anilines is 3. The molecule has 9 heteroatoms. The number of hydrogen-bond acceptors (Lipinski definition) is 7. The molecule has 0 atom stereocenters. The van der Waals surface area contributed by atoms with E-state index >= 15 is 0 Å². The third kappa shape index (κ3) is 4.85. The number of fused-ring (bicyclic) bond motifs is 1. The van der Waals surface area contributed by atoms with Crippen LogP contribution in [0.15, 0.2) is 84.0 Å². The molecule has 1 aliphatic rings. The maximum Gasteiger partial charge on any atom is 0.511 e. The molecule has 0 spiro atoms. The Bertz CT molecular complexity index is 1650. The first-order valence-corrected chi connectivity index (χ1v) is 12.0. The second kappa shape index (κ2) is 10.2. The standard InChI is InChI=1S/C30H25N3O6/c1-17-10-11-20(14-18(17)2)33-26-16-21(38-3)12-13-24(26)27(29(33)35)32-31-25-9-5-8-23(28(25)34)19-6-4-7-22(15-19)39-30(36)37/h4-16,31,34H,1-3H3,(H,36,37). The highest BCUT2D eigenvalue weighted by atomic mass is 16.7. The van der Waals surface area contributed by atoms with Gasteiger partial charge in [0.2, 0.25) is 0 Å². The number of hydrogen-bond donors (Lipinski definition) is 3.